The molecule has 0 aromatic carbocycles. The number of aryl methyl sites for hydroxylation is 2. The maximum Gasteiger partial charge on any atom is 0.223 e. The molecule has 0 saturated heterocycles. The fourth-order valence-electron chi connectivity index (χ4n) is 2.02. The first kappa shape index (κ1) is 13.0. The van der Waals surface area contributed by atoms with Crippen LogP contribution in [0, 0.1) is 6.92 Å². The fourth-order valence-corrected chi connectivity index (χ4v) is 2.80. The Kier molecular flexibility index (Phi) is 3.35. The highest BCUT2D eigenvalue weighted by molar-refractivity contribution is 7.16. The minimum absolute atomic E-state index is 0.558. The summed E-state index contributed by atoms with van der Waals surface area (Å²) in [4.78, 5) is 16.4. The van der Waals surface area contributed by atoms with E-state index >= 15 is 0 Å². The first-order valence-electron chi connectivity index (χ1n) is 6.42. The maximum absolute atomic E-state index is 5.00. The van der Waals surface area contributed by atoms with Gasteiger partial charge in [0.05, 0.1) is 11.9 Å². The molecule has 0 unspecified atom stereocenters. The molecule has 0 aliphatic carbocycles. The third-order valence-corrected chi connectivity index (χ3v) is 3.78. The smallest absolute Gasteiger partial charge is 0.223 e. The van der Waals surface area contributed by atoms with E-state index in [1.165, 1.54) is 0 Å². The molecule has 0 spiro atoms. The highest BCUT2D eigenvalue weighted by Gasteiger charge is 2.14. The van der Waals surface area contributed by atoms with Crippen molar-refractivity contribution in [2.24, 2.45) is 0 Å². The normalized spacial score (nSPS) is 11.2. The van der Waals surface area contributed by atoms with Crippen LogP contribution in [0.3, 0.4) is 0 Å². The zero-order valence-corrected chi connectivity index (χ0v) is 12.4. The molecule has 20 heavy (non-hydrogen) atoms. The Hall–Kier alpha value is -2.02. The Morgan fingerprint density at radius 3 is 2.80 bits per heavy atom. The van der Waals surface area contributed by atoms with E-state index in [9.17, 15) is 0 Å². The first-order valence-corrected chi connectivity index (χ1v) is 7.29. The monoisotopic (exact) mass is 289 g/mol. The standard InChI is InChI=1S/C13H15N5OS/c1-4-10-15-12(9-5-6-20-13(9)16-10)18(3)7-11-14-8(2)19-17-11/h5-6H,4,7H2,1-3H3. The summed E-state index contributed by atoms with van der Waals surface area (Å²) < 4.78 is 5.00. The number of hydrogen-bond acceptors (Lipinski definition) is 7. The van der Waals surface area contributed by atoms with Crippen molar-refractivity contribution in [2.75, 3.05) is 11.9 Å². The third kappa shape index (κ3) is 2.36. The molecular weight excluding hydrogens is 274 g/mol. The molecule has 3 heterocycles. The molecule has 7 heteroatoms. The van der Waals surface area contributed by atoms with Gasteiger partial charge in [0.25, 0.3) is 0 Å². The number of thiophene rings is 1. The summed E-state index contributed by atoms with van der Waals surface area (Å²) in [6.45, 7) is 4.40. The van der Waals surface area contributed by atoms with Crippen LogP contribution in [0.15, 0.2) is 16.0 Å². The molecular formula is C13H15N5OS. The van der Waals surface area contributed by atoms with Gasteiger partial charge >= 0.3 is 0 Å². The predicted octanol–water partition coefficient (Wildman–Crippen LogP) is 2.58. The van der Waals surface area contributed by atoms with Gasteiger partial charge in [0.2, 0.25) is 5.89 Å². The molecule has 0 radical (unpaired) electrons. The summed E-state index contributed by atoms with van der Waals surface area (Å²) in [7, 11) is 1.98. The molecule has 0 bridgehead atoms. The van der Waals surface area contributed by atoms with Crippen molar-refractivity contribution in [2.45, 2.75) is 26.8 Å². The Balaban J connectivity index is 1.97. The van der Waals surface area contributed by atoms with Gasteiger partial charge in [-0.1, -0.05) is 12.1 Å². The summed E-state index contributed by atoms with van der Waals surface area (Å²) in [5.74, 6) is 3.00. The van der Waals surface area contributed by atoms with E-state index in [1.54, 1.807) is 18.3 Å². The SMILES string of the molecule is CCc1nc(N(C)Cc2noc(C)n2)c2ccsc2n1. The molecule has 0 aliphatic rings. The lowest BCUT2D eigenvalue weighted by atomic mass is 10.3. The number of hydrogen-bond donors (Lipinski definition) is 0. The molecule has 0 amide bonds. The van der Waals surface area contributed by atoms with E-state index in [1.807, 2.05) is 23.4 Å². The fraction of sp³-hybridized carbons (Fsp3) is 0.385. The van der Waals surface area contributed by atoms with Gasteiger partial charge in [0.1, 0.15) is 16.5 Å². The second kappa shape index (κ2) is 5.16. The van der Waals surface area contributed by atoms with Crippen molar-refractivity contribution < 1.29 is 4.52 Å². The number of rotatable bonds is 4. The highest BCUT2D eigenvalue weighted by Crippen LogP contribution is 2.27. The van der Waals surface area contributed by atoms with E-state index in [2.05, 4.69) is 27.0 Å². The predicted molar refractivity (Wildman–Crippen MR) is 77.9 cm³/mol. The van der Waals surface area contributed by atoms with Crippen LogP contribution in [0.5, 0.6) is 0 Å². The zero-order chi connectivity index (χ0) is 14.1. The van der Waals surface area contributed by atoms with Crippen LogP contribution >= 0.6 is 11.3 Å². The van der Waals surface area contributed by atoms with E-state index in [4.69, 9.17) is 4.52 Å². The Labute approximate surface area is 120 Å². The summed E-state index contributed by atoms with van der Waals surface area (Å²) in [6.07, 6.45) is 0.815. The molecule has 3 aromatic heterocycles. The van der Waals surface area contributed by atoms with Gasteiger partial charge in [-0.15, -0.1) is 11.3 Å². The number of anilines is 1. The van der Waals surface area contributed by atoms with Crippen molar-refractivity contribution in [1.29, 1.82) is 0 Å². The average Bonchev–Trinajstić information content (AvgIpc) is 3.06. The third-order valence-electron chi connectivity index (χ3n) is 2.98. The molecule has 0 aliphatic heterocycles. The van der Waals surface area contributed by atoms with Gasteiger partial charge in [-0.2, -0.15) is 4.98 Å². The van der Waals surface area contributed by atoms with E-state index in [-0.39, 0.29) is 0 Å². The Morgan fingerprint density at radius 2 is 2.10 bits per heavy atom. The molecule has 0 fully saturated rings. The summed E-state index contributed by atoms with van der Waals surface area (Å²) in [5.41, 5.74) is 0. The van der Waals surface area contributed by atoms with Crippen LogP contribution in [0.4, 0.5) is 5.82 Å². The van der Waals surface area contributed by atoms with Crippen molar-refractivity contribution >= 4 is 27.4 Å². The Bertz CT molecular complexity index is 735. The van der Waals surface area contributed by atoms with Crippen molar-refractivity contribution in [3.8, 4) is 0 Å². The van der Waals surface area contributed by atoms with E-state index in [0.717, 1.165) is 28.3 Å². The van der Waals surface area contributed by atoms with Gasteiger partial charge in [0, 0.05) is 20.4 Å². The van der Waals surface area contributed by atoms with Gasteiger partial charge in [-0.05, 0) is 11.4 Å². The zero-order valence-electron chi connectivity index (χ0n) is 11.6. The molecule has 104 valence electrons. The van der Waals surface area contributed by atoms with Crippen LogP contribution in [0.1, 0.15) is 24.5 Å². The van der Waals surface area contributed by atoms with Gasteiger partial charge in [-0.3, -0.25) is 0 Å². The van der Waals surface area contributed by atoms with Crippen LogP contribution in [-0.4, -0.2) is 27.2 Å². The van der Waals surface area contributed by atoms with Gasteiger partial charge in [-0.25, -0.2) is 9.97 Å². The van der Waals surface area contributed by atoms with Crippen molar-refractivity contribution in [3.05, 3.63) is 29.0 Å². The molecule has 6 nitrogen and oxygen atoms in total. The van der Waals surface area contributed by atoms with E-state index in [0.29, 0.717) is 18.3 Å². The van der Waals surface area contributed by atoms with Crippen LogP contribution < -0.4 is 4.90 Å². The average molecular weight is 289 g/mol. The molecule has 3 aromatic rings. The summed E-state index contributed by atoms with van der Waals surface area (Å²) in [5, 5.41) is 7.02. The molecule has 0 atom stereocenters. The molecule has 0 N–H and O–H groups in total. The quantitative estimate of drug-likeness (QED) is 0.735. The lowest BCUT2D eigenvalue weighted by molar-refractivity contribution is 0.387. The number of aromatic nitrogens is 4. The van der Waals surface area contributed by atoms with Crippen molar-refractivity contribution in [3.63, 3.8) is 0 Å². The van der Waals surface area contributed by atoms with Crippen molar-refractivity contribution in [1.82, 2.24) is 20.1 Å². The second-order valence-corrected chi connectivity index (χ2v) is 5.44. The Morgan fingerprint density at radius 1 is 1.25 bits per heavy atom. The topological polar surface area (TPSA) is 67.9 Å². The van der Waals surface area contributed by atoms with Gasteiger partial charge < -0.3 is 9.42 Å². The molecule has 3 rings (SSSR count). The largest absolute Gasteiger partial charge is 0.351 e. The van der Waals surface area contributed by atoms with Crippen LogP contribution in [-0.2, 0) is 13.0 Å². The highest BCUT2D eigenvalue weighted by atomic mass is 32.1. The minimum Gasteiger partial charge on any atom is -0.351 e. The molecule has 0 saturated carbocycles. The lowest BCUT2D eigenvalue weighted by Crippen LogP contribution is -2.19. The van der Waals surface area contributed by atoms with Crippen LogP contribution in [0.2, 0.25) is 0 Å². The van der Waals surface area contributed by atoms with Gasteiger partial charge in [0.15, 0.2) is 5.82 Å². The summed E-state index contributed by atoms with van der Waals surface area (Å²) >= 11 is 1.63. The van der Waals surface area contributed by atoms with E-state index < -0.39 is 0 Å². The first-order chi connectivity index (χ1) is 9.67. The summed E-state index contributed by atoms with van der Waals surface area (Å²) in [6, 6.07) is 2.05. The number of fused-ring (bicyclic) bond motifs is 1. The number of nitrogens with zero attached hydrogens (tertiary/aromatic N) is 5. The maximum atomic E-state index is 5.00. The lowest BCUT2D eigenvalue weighted by Gasteiger charge is -2.17. The van der Waals surface area contributed by atoms with Crippen LogP contribution in [0.25, 0.3) is 10.2 Å². The minimum atomic E-state index is 0.558. The second-order valence-electron chi connectivity index (χ2n) is 4.54.